The van der Waals surface area contributed by atoms with Gasteiger partial charge in [0.25, 0.3) is 0 Å². The fraction of sp³-hybridized carbons (Fsp3) is 0.368. The maximum atomic E-state index is 5.18. The van der Waals surface area contributed by atoms with Crippen LogP contribution in [-0.4, -0.2) is 7.11 Å². The third-order valence-electron chi connectivity index (χ3n) is 3.72. The van der Waals surface area contributed by atoms with E-state index in [2.05, 4.69) is 74.6 Å². The van der Waals surface area contributed by atoms with Crippen molar-refractivity contribution in [1.82, 2.24) is 0 Å². The molecule has 0 fully saturated rings. The summed E-state index contributed by atoms with van der Waals surface area (Å²) in [6.07, 6.45) is 0. The van der Waals surface area contributed by atoms with Crippen LogP contribution in [0, 0.1) is 0 Å². The first-order valence-corrected chi connectivity index (χ1v) is 7.54. The highest BCUT2D eigenvalue weighted by atomic mass is 16.5. The second-order valence-corrected chi connectivity index (χ2v) is 5.82. The molecule has 2 heteroatoms. The van der Waals surface area contributed by atoms with Crippen molar-refractivity contribution in [2.45, 2.75) is 39.3 Å². The van der Waals surface area contributed by atoms with Gasteiger partial charge >= 0.3 is 0 Å². The van der Waals surface area contributed by atoms with E-state index in [9.17, 15) is 0 Å². The lowest BCUT2D eigenvalue weighted by Crippen LogP contribution is -2.07. The third-order valence-corrected chi connectivity index (χ3v) is 3.72. The number of hydrogen-bond acceptors (Lipinski definition) is 2. The summed E-state index contributed by atoms with van der Waals surface area (Å²) in [5.41, 5.74) is 5.00. The number of rotatable bonds is 6. The SMILES string of the molecule is COCc1cccc(NC(C)c2ccc(C(C)C)cc2)c1. The Labute approximate surface area is 128 Å². The number of hydrogen-bond donors (Lipinski definition) is 1. The van der Waals surface area contributed by atoms with Crippen molar-refractivity contribution in [3.05, 3.63) is 65.2 Å². The van der Waals surface area contributed by atoms with E-state index in [0.29, 0.717) is 12.5 Å². The number of ether oxygens (including phenoxy) is 1. The Morgan fingerprint density at radius 1 is 0.952 bits per heavy atom. The standard InChI is InChI=1S/C19H25NO/c1-14(2)17-8-10-18(11-9-17)15(3)20-19-7-5-6-16(12-19)13-21-4/h5-12,14-15,20H,13H2,1-4H3. The molecular weight excluding hydrogens is 258 g/mol. The van der Waals surface area contributed by atoms with E-state index >= 15 is 0 Å². The van der Waals surface area contributed by atoms with E-state index < -0.39 is 0 Å². The molecule has 0 amide bonds. The number of anilines is 1. The molecular formula is C19H25NO. The van der Waals surface area contributed by atoms with E-state index in [0.717, 1.165) is 5.69 Å². The van der Waals surface area contributed by atoms with Crippen LogP contribution in [-0.2, 0) is 11.3 Å². The summed E-state index contributed by atoms with van der Waals surface area (Å²) in [5, 5.41) is 3.55. The van der Waals surface area contributed by atoms with Crippen LogP contribution >= 0.6 is 0 Å². The van der Waals surface area contributed by atoms with Gasteiger partial charge in [0.1, 0.15) is 0 Å². The van der Waals surface area contributed by atoms with Crippen LogP contribution in [0.5, 0.6) is 0 Å². The Bertz CT molecular complexity index is 560. The predicted octanol–water partition coefficient (Wildman–Crippen LogP) is 5.13. The monoisotopic (exact) mass is 283 g/mol. The summed E-state index contributed by atoms with van der Waals surface area (Å²) in [6.45, 7) is 7.27. The summed E-state index contributed by atoms with van der Waals surface area (Å²) >= 11 is 0. The molecule has 0 radical (unpaired) electrons. The average molecular weight is 283 g/mol. The van der Waals surface area contributed by atoms with Gasteiger partial charge in [-0.3, -0.25) is 0 Å². The molecule has 0 heterocycles. The van der Waals surface area contributed by atoms with Gasteiger partial charge in [-0.1, -0.05) is 50.2 Å². The first-order chi connectivity index (χ1) is 10.1. The van der Waals surface area contributed by atoms with Gasteiger partial charge in [0.15, 0.2) is 0 Å². The molecule has 0 bridgehead atoms. The molecule has 0 aliphatic heterocycles. The summed E-state index contributed by atoms with van der Waals surface area (Å²) in [5.74, 6) is 0.577. The summed E-state index contributed by atoms with van der Waals surface area (Å²) in [4.78, 5) is 0. The van der Waals surface area contributed by atoms with Crippen molar-refractivity contribution >= 4 is 5.69 Å². The zero-order valence-electron chi connectivity index (χ0n) is 13.4. The van der Waals surface area contributed by atoms with Gasteiger partial charge in [-0.2, -0.15) is 0 Å². The first kappa shape index (κ1) is 15.6. The predicted molar refractivity (Wildman–Crippen MR) is 89.7 cm³/mol. The molecule has 2 aromatic rings. The van der Waals surface area contributed by atoms with Crippen LogP contribution in [0.4, 0.5) is 5.69 Å². The van der Waals surface area contributed by atoms with Crippen molar-refractivity contribution in [2.24, 2.45) is 0 Å². The fourth-order valence-electron chi connectivity index (χ4n) is 2.42. The van der Waals surface area contributed by atoms with Crippen LogP contribution < -0.4 is 5.32 Å². The molecule has 0 aliphatic rings. The summed E-state index contributed by atoms with van der Waals surface area (Å²) in [6, 6.07) is 17.5. The topological polar surface area (TPSA) is 21.3 Å². The van der Waals surface area contributed by atoms with E-state index in [1.165, 1.54) is 16.7 Å². The molecule has 2 rings (SSSR count). The highest BCUT2D eigenvalue weighted by Gasteiger charge is 2.06. The third kappa shape index (κ3) is 4.33. The molecule has 0 saturated carbocycles. The van der Waals surface area contributed by atoms with Gasteiger partial charge in [0.2, 0.25) is 0 Å². The van der Waals surface area contributed by atoms with Crippen molar-refractivity contribution in [3.63, 3.8) is 0 Å². The summed E-state index contributed by atoms with van der Waals surface area (Å²) in [7, 11) is 1.72. The van der Waals surface area contributed by atoms with Crippen LogP contribution in [0.25, 0.3) is 0 Å². The number of benzene rings is 2. The fourth-order valence-corrected chi connectivity index (χ4v) is 2.42. The lowest BCUT2D eigenvalue weighted by Gasteiger charge is -2.17. The van der Waals surface area contributed by atoms with E-state index in [1.54, 1.807) is 7.11 Å². The maximum Gasteiger partial charge on any atom is 0.0713 e. The Balaban J connectivity index is 2.06. The zero-order chi connectivity index (χ0) is 15.2. The Hall–Kier alpha value is -1.80. The molecule has 0 spiro atoms. The molecule has 1 unspecified atom stereocenters. The van der Waals surface area contributed by atoms with Gasteiger partial charge in [0.05, 0.1) is 6.61 Å². The molecule has 2 aromatic carbocycles. The number of methoxy groups -OCH3 is 1. The smallest absolute Gasteiger partial charge is 0.0713 e. The minimum atomic E-state index is 0.281. The van der Waals surface area contributed by atoms with E-state index in [1.807, 2.05) is 0 Å². The quantitative estimate of drug-likeness (QED) is 0.793. The largest absolute Gasteiger partial charge is 0.380 e. The minimum Gasteiger partial charge on any atom is -0.380 e. The van der Waals surface area contributed by atoms with E-state index in [4.69, 9.17) is 4.74 Å². The van der Waals surface area contributed by atoms with Crippen LogP contribution in [0.1, 0.15) is 49.4 Å². The molecule has 21 heavy (non-hydrogen) atoms. The minimum absolute atomic E-state index is 0.281. The molecule has 0 saturated heterocycles. The molecule has 0 aromatic heterocycles. The molecule has 0 aliphatic carbocycles. The van der Waals surface area contributed by atoms with Gasteiger partial charge in [-0.15, -0.1) is 0 Å². The highest BCUT2D eigenvalue weighted by Crippen LogP contribution is 2.22. The molecule has 1 N–H and O–H groups in total. The van der Waals surface area contributed by atoms with Crippen LogP contribution in [0.3, 0.4) is 0 Å². The van der Waals surface area contributed by atoms with E-state index in [-0.39, 0.29) is 6.04 Å². The van der Waals surface area contributed by atoms with Gasteiger partial charge in [0, 0.05) is 18.8 Å². The zero-order valence-corrected chi connectivity index (χ0v) is 13.4. The maximum absolute atomic E-state index is 5.18. The summed E-state index contributed by atoms with van der Waals surface area (Å²) < 4.78 is 5.18. The lowest BCUT2D eigenvalue weighted by atomic mass is 9.99. The first-order valence-electron chi connectivity index (χ1n) is 7.54. The van der Waals surface area contributed by atoms with Crippen molar-refractivity contribution in [2.75, 3.05) is 12.4 Å². The van der Waals surface area contributed by atoms with Crippen molar-refractivity contribution < 1.29 is 4.74 Å². The van der Waals surface area contributed by atoms with Gasteiger partial charge in [-0.25, -0.2) is 0 Å². The Morgan fingerprint density at radius 3 is 2.24 bits per heavy atom. The Morgan fingerprint density at radius 2 is 1.62 bits per heavy atom. The lowest BCUT2D eigenvalue weighted by molar-refractivity contribution is 0.185. The van der Waals surface area contributed by atoms with Gasteiger partial charge in [-0.05, 0) is 41.7 Å². The normalized spacial score (nSPS) is 12.4. The number of nitrogens with one attached hydrogen (secondary N) is 1. The molecule has 112 valence electrons. The second-order valence-electron chi connectivity index (χ2n) is 5.82. The van der Waals surface area contributed by atoms with Crippen molar-refractivity contribution in [1.29, 1.82) is 0 Å². The van der Waals surface area contributed by atoms with Crippen LogP contribution in [0.2, 0.25) is 0 Å². The highest BCUT2D eigenvalue weighted by molar-refractivity contribution is 5.47. The average Bonchev–Trinajstić information content (AvgIpc) is 2.48. The molecule has 1 atom stereocenters. The van der Waals surface area contributed by atoms with Crippen LogP contribution in [0.15, 0.2) is 48.5 Å². The Kier molecular flexibility index (Phi) is 5.40. The van der Waals surface area contributed by atoms with Gasteiger partial charge < -0.3 is 10.1 Å². The second kappa shape index (κ2) is 7.28. The molecule has 2 nitrogen and oxygen atoms in total. The van der Waals surface area contributed by atoms with Crippen molar-refractivity contribution in [3.8, 4) is 0 Å².